The first-order valence-corrected chi connectivity index (χ1v) is 5.26. The number of nitrogens with one attached hydrogen (secondary N) is 1. The van der Waals surface area contributed by atoms with Crippen molar-refractivity contribution in [3.8, 4) is 0 Å². The van der Waals surface area contributed by atoms with E-state index in [0.29, 0.717) is 5.41 Å². The highest BCUT2D eigenvalue weighted by Crippen LogP contribution is 2.36. The summed E-state index contributed by atoms with van der Waals surface area (Å²) in [5.41, 5.74) is 0.488. The predicted octanol–water partition coefficient (Wildman–Crippen LogP) is 2.52. The van der Waals surface area contributed by atoms with Gasteiger partial charge in [-0.3, -0.25) is 0 Å². The van der Waals surface area contributed by atoms with Gasteiger partial charge in [0.25, 0.3) is 0 Å². The summed E-state index contributed by atoms with van der Waals surface area (Å²) in [5.74, 6) is 0. The predicted molar refractivity (Wildman–Crippen MR) is 51.9 cm³/mol. The fourth-order valence-corrected chi connectivity index (χ4v) is 2.30. The molecule has 1 unspecified atom stereocenters. The molecule has 2 aliphatic rings. The van der Waals surface area contributed by atoms with Gasteiger partial charge in [-0.15, -0.1) is 0 Å². The lowest BCUT2D eigenvalue weighted by Crippen LogP contribution is -2.41. The molecule has 2 rings (SSSR count). The quantitative estimate of drug-likeness (QED) is 0.664. The van der Waals surface area contributed by atoms with E-state index in [1.165, 1.54) is 32.1 Å². The first kappa shape index (κ1) is 8.55. The van der Waals surface area contributed by atoms with E-state index in [-0.39, 0.29) is 0 Å². The van der Waals surface area contributed by atoms with Crippen molar-refractivity contribution in [3.05, 3.63) is 6.42 Å². The van der Waals surface area contributed by atoms with Crippen LogP contribution in [-0.4, -0.2) is 12.1 Å². The summed E-state index contributed by atoms with van der Waals surface area (Å²) in [6.07, 6.45) is 9.36. The zero-order valence-corrected chi connectivity index (χ0v) is 8.27. The van der Waals surface area contributed by atoms with Crippen molar-refractivity contribution in [2.75, 3.05) is 0 Å². The molecule has 1 nitrogen and oxygen atoms in total. The summed E-state index contributed by atoms with van der Waals surface area (Å²) in [6.45, 7) is 4.69. The van der Waals surface area contributed by atoms with E-state index in [1.54, 1.807) is 0 Å². The first-order chi connectivity index (χ1) is 5.66. The van der Waals surface area contributed by atoms with Crippen LogP contribution < -0.4 is 5.32 Å². The second-order valence-corrected chi connectivity index (χ2v) is 5.12. The number of hydrogen-bond donors (Lipinski definition) is 1. The van der Waals surface area contributed by atoms with Crippen LogP contribution in [0.5, 0.6) is 0 Å². The summed E-state index contributed by atoms with van der Waals surface area (Å²) in [5, 5.41) is 3.74. The van der Waals surface area contributed by atoms with Gasteiger partial charge in [-0.1, -0.05) is 20.3 Å². The molecule has 0 aromatic heterocycles. The zero-order valence-electron chi connectivity index (χ0n) is 8.27. The molecule has 0 aromatic rings. The van der Waals surface area contributed by atoms with E-state index >= 15 is 0 Å². The van der Waals surface area contributed by atoms with Crippen LogP contribution in [0.2, 0.25) is 0 Å². The van der Waals surface area contributed by atoms with Crippen LogP contribution in [0.15, 0.2) is 0 Å². The summed E-state index contributed by atoms with van der Waals surface area (Å²) < 4.78 is 0. The molecule has 0 aliphatic heterocycles. The Morgan fingerprint density at radius 2 is 2.00 bits per heavy atom. The molecular formula is C11H20N. The van der Waals surface area contributed by atoms with E-state index in [9.17, 15) is 0 Å². The third kappa shape index (κ3) is 1.82. The minimum atomic E-state index is 0.488. The Kier molecular flexibility index (Phi) is 2.16. The SMILES string of the molecule is CC1(C)[CH]CC(NC2CCC2)C1. The third-order valence-corrected chi connectivity index (χ3v) is 3.30. The molecule has 0 saturated heterocycles. The Morgan fingerprint density at radius 1 is 1.25 bits per heavy atom. The molecule has 0 spiro atoms. The highest BCUT2D eigenvalue weighted by molar-refractivity contribution is 5.00. The Hall–Kier alpha value is -0.0400. The summed E-state index contributed by atoms with van der Waals surface area (Å²) in [7, 11) is 0. The van der Waals surface area contributed by atoms with Gasteiger partial charge < -0.3 is 5.32 Å². The van der Waals surface area contributed by atoms with E-state index < -0.39 is 0 Å². The molecular weight excluding hydrogens is 146 g/mol. The molecule has 1 N–H and O–H groups in total. The van der Waals surface area contributed by atoms with Crippen LogP contribution in [-0.2, 0) is 0 Å². The standard InChI is InChI=1S/C11H20N/c1-11(2)7-6-10(8-11)12-9-4-3-5-9/h7,9-10,12H,3-6,8H2,1-2H3. The molecule has 0 heterocycles. The van der Waals surface area contributed by atoms with Gasteiger partial charge >= 0.3 is 0 Å². The van der Waals surface area contributed by atoms with Gasteiger partial charge in [-0.05, 0) is 37.5 Å². The molecule has 69 valence electrons. The topological polar surface area (TPSA) is 12.0 Å². The Labute approximate surface area is 75.9 Å². The molecule has 1 radical (unpaired) electrons. The fourth-order valence-electron chi connectivity index (χ4n) is 2.30. The average Bonchev–Trinajstić information content (AvgIpc) is 2.21. The lowest BCUT2D eigenvalue weighted by Gasteiger charge is -2.30. The highest BCUT2D eigenvalue weighted by Gasteiger charge is 2.32. The summed E-state index contributed by atoms with van der Waals surface area (Å²) in [4.78, 5) is 0. The second-order valence-electron chi connectivity index (χ2n) is 5.12. The van der Waals surface area contributed by atoms with Gasteiger partial charge in [0.1, 0.15) is 0 Å². The molecule has 0 aromatic carbocycles. The summed E-state index contributed by atoms with van der Waals surface area (Å²) in [6, 6.07) is 1.64. The van der Waals surface area contributed by atoms with Gasteiger partial charge in [-0.2, -0.15) is 0 Å². The molecule has 2 saturated carbocycles. The monoisotopic (exact) mass is 166 g/mol. The highest BCUT2D eigenvalue weighted by atomic mass is 15.0. The van der Waals surface area contributed by atoms with E-state index in [1.807, 2.05) is 0 Å². The van der Waals surface area contributed by atoms with Gasteiger partial charge in [0.2, 0.25) is 0 Å². The minimum absolute atomic E-state index is 0.488. The van der Waals surface area contributed by atoms with Crippen LogP contribution in [0.4, 0.5) is 0 Å². The van der Waals surface area contributed by atoms with Crippen LogP contribution >= 0.6 is 0 Å². The summed E-state index contributed by atoms with van der Waals surface area (Å²) >= 11 is 0. The molecule has 2 aliphatic carbocycles. The zero-order chi connectivity index (χ0) is 8.60. The smallest absolute Gasteiger partial charge is 0.00777 e. The number of hydrogen-bond acceptors (Lipinski definition) is 1. The van der Waals surface area contributed by atoms with Gasteiger partial charge in [0.05, 0.1) is 0 Å². The van der Waals surface area contributed by atoms with Crippen molar-refractivity contribution in [1.29, 1.82) is 0 Å². The normalized spacial score (nSPS) is 35.0. The molecule has 0 amide bonds. The van der Waals surface area contributed by atoms with E-state index in [2.05, 4.69) is 25.6 Å². The average molecular weight is 166 g/mol. The molecule has 1 atom stereocenters. The van der Waals surface area contributed by atoms with Gasteiger partial charge in [0.15, 0.2) is 0 Å². The maximum absolute atomic E-state index is 3.74. The maximum Gasteiger partial charge on any atom is 0.00777 e. The van der Waals surface area contributed by atoms with Crippen LogP contribution in [0, 0.1) is 11.8 Å². The third-order valence-electron chi connectivity index (χ3n) is 3.30. The second kappa shape index (κ2) is 3.02. The Bertz CT molecular complexity index is 158. The van der Waals surface area contributed by atoms with Crippen molar-refractivity contribution < 1.29 is 0 Å². The van der Waals surface area contributed by atoms with Crippen LogP contribution in [0.1, 0.15) is 46.0 Å². The van der Waals surface area contributed by atoms with Gasteiger partial charge in [-0.25, -0.2) is 0 Å². The van der Waals surface area contributed by atoms with Crippen molar-refractivity contribution in [2.24, 2.45) is 5.41 Å². The van der Waals surface area contributed by atoms with Crippen molar-refractivity contribution >= 4 is 0 Å². The molecule has 2 fully saturated rings. The molecule has 12 heavy (non-hydrogen) atoms. The minimum Gasteiger partial charge on any atom is -0.311 e. The van der Waals surface area contributed by atoms with Crippen molar-refractivity contribution in [3.63, 3.8) is 0 Å². The molecule has 0 bridgehead atoms. The Balaban J connectivity index is 1.75. The fraction of sp³-hybridized carbons (Fsp3) is 0.909. The van der Waals surface area contributed by atoms with Crippen LogP contribution in [0.3, 0.4) is 0 Å². The number of rotatable bonds is 2. The van der Waals surface area contributed by atoms with Crippen molar-refractivity contribution in [2.45, 2.75) is 58.0 Å². The lowest BCUT2D eigenvalue weighted by molar-refractivity contribution is 0.291. The Morgan fingerprint density at radius 3 is 2.42 bits per heavy atom. The van der Waals surface area contributed by atoms with E-state index in [4.69, 9.17) is 0 Å². The lowest BCUT2D eigenvalue weighted by atomic mass is 9.90. The van der Waals surface area contributed by atoms with Crippen LogP contribution in [0.25, 0.3) is 0 Å². The first-order valence-electron chi connectivity index (χ1n) is 5.26. The molecule has 1 heteroatoms. The van der Waals surface area contributed by atoms with E-state index in [0.717, 1.165) is 12.1 Å². The van der Waals surface area contributed by atoms with Crippen molar-refractivity contribution in [1.82, 2.24) is 5.32 Å². The largest absolute Gasteiger partial charge is 0.311 e. The van der Waals surface area contributed by atoms with Gasteiger partial charge in [0, 0.05) is 12.1 Å². The maximum atomic E-state index is 3.74.